The summed E-state index contributed by atoms with van der Waals surface area (Å²) in [6.45, 7) is 5.32. The SMILES string of the molecule is CCn1cc(C2OCCC2CNCc2ccc(OC)c(C#N)c2)cn1. The number of hydrogen-bond donors (Lipinski definition) is 1. The van der Waals surface area contributed by atoms with Crippen LogP contribution in [0.25, 0.3) is 0 Å². The van der Waals surface area contributed by atoms with E-state index < -0.39 is 0 Å². The van der Waals surface area contributed by atoms with E-state index in [1.165, 1.54) is 0 Å². The van der Waals surface area contributed by atoms with Gasteiger partial charge in [0.2, 0.25) is 0 Å². The molecule has 3 rings (SSSR count). The van der Waals surface area contributed by atoms with Crippen molar-refractivity contribution in [2.24, 2.45) is 5.92 Å². The molecule has 1 N–H and O–H groups in total. The van der Waals surface area contributed by atoms with Crippen molar-refractivity contribution in [2.75, 3.05) is 20.3 Å². The van der Waals surface area contributed by atoms with Gasteiger partial charge in [0.1, 0.15) is 11.8 Å². The van der Waals surface area contributed by atoms with Gasteiger partial charge < -0.3 is 14.8 Å². The fourth-order valence-electron chi connectivity index (χ4n) is 3.27. The molecule has 2 atom stereocenters. The Morgan fingerprint density at radius 2 is 2.36 bits per heavy atom. The molecule has 0 aliphatic carbocycles. The summed E-state index contributed by atoms with van der Waals surface area (Å²) in [4.78, 5) is 0. The van der Waals surface area contributed by atoms with Gasteiger partial charge in [0.25, 0.3) is 0 Å². The van der Waals surface area contributed by atoms with Gasteiger partial charge in [-0.05, 0) is 31.0 Å². The van der Waals surface area contributed by atoms with E-state index in [0.29, 0.717) is 17.2 Å². The summed E-state index contributed by atoms with van der Waals surface area (Å²) in [5, 5.41) is 17.0. The Labute approximate surface area is 148 Å². The van der Waals surface area contributed by atoms with E-state index in [1.807, 2.05) is 29.1 Å². The molecule has 6 heteroatoms. The van der Waals surface area contributed by atoms with Crippen LogP contribution < -0.4 is 10.1 Å². The minimum absolute atomic E-state index is 0.110. The Balaban J connectivity index is 1.57. The van der Waals surface area contributed by atoms with Gasteiger partial charge in [-0.15, -0.1) is 0 Å². The maximum Gasteiger partial charge on any atom is 0.136 e. The van der Waals surface area contributed by atoms with Crippen LogP contribution in [-0.4, -0.2) is 30.0 Å². The lowest BCUT2D eigenvalue weighted by atomic mass is 9.97. The maximum atomic E-state index is 9.18. The van der Waals surface area contributed by atoms with Crippen LogP contribution in [0, 0.1) is 17.2 Å². The van der Waals surface area contributed by atoms with Gasteiger partial charge in [0.05, 0.1) is 25.0 Å². The fourth-order valence-corrected chi connectivity index (χ4v) is 3.27. The van der Waals surface area contributed by atoms with Crippen LogP contribution in [0.1, 0.15) is 36.1 Å². The summed E-state index contributed by atoms with van der Waals surface area (Å²) in [5.41, 5.74) is 2.80. The molecule has 2 heterocycles. The Morgan fingerprint density at radius 3 is 3.08 bits per heavy atom. The number of hydrogen-bond acceptors (Lipinski definition) is 5. The monoisotopic (exact) mass is 340 g/mol. The van der Waals surface area contributed by atoms with Crippen molar-refractivity contribution < 1.29 is 9.47 Å². The first kappa shape index (κ1) is 17.5. The van der Waals surface area contributed by atoms with Crippen molar-refractivity contribution in [3.63, 3.8) is 0 Å². The Kier molecular flexibility index (Phi) is 5.69. The van der Waals surface area contributed by atoms with Crippen LogP contribution in [0.2, 0.25) is 0 Å². The first-order chi connectivity index (χ1) is 12.2. The predicted molar refractivity (Wildman–Crippen MR) is 94.1 cm³/mol. The molecule has 1 fully saturated rings. The van der Waals surface area contributed by atoms with Gasteiger partial charge >= 0.3 is 0 Å². The Morgan fingerprint density at radius 1 is 1.48 bits per heavy atom. The highest BCUT2D eigenvalue weighted by Crippen LogP contribution is 2.33. The molecule has 1 aliphatic heterocycles. The second kappa shape index (κ2) is 8.15. The normalized spacial score (nSPS) is 19.7. The van der Waals surface area contributed by atoms with Crippen molar-refractivity contribution >= 4 is 0 Å². The first-order valence-corrected chi connectivity index (χ1v) is 8.66. The smallest absolute Gasteiger partial charge is 0.136 e. The molecule has 2 aromatic rings. The zero-order chi connectivity index (χ0) is 17.6. The average Bonchev–Trinajstić information content (AvgIpc) is 3.30. The number of nitrogens with zero attached hydrogens (tertiary/aromatic N) is 3. The van der Waals surface area contributed by atoms with E-state index in [-0.39, 0.29) is 6.10 Å². The number of rotatable bonds is 7. The molecule has 0 bridgehead atoms. The summed E-state index contributed by atoms with van der Waals surface area (Å²) >= 11 is 0. The molecule has 1 aromatic carbocycles. The van der Waals surface area contributed by atoms with Crippen LogP contribution in [0.4, 0.5) is 0 Å². The molecule has 25 heavy (non-hydrogen) atoms. The number of methoxy groups -OCH3 is 1. The number of aromatic nitrogens is 2. The lowest BCUT2D eigenvalue weighted by Gasteiger charge is -2.18. The van der Waals surface area contributed by atoms with Crippen molar-refractivity contribution in [1.82, 2.24) is 15.1 Å². The number of aryl methyl sites for hydroxylation is 1. The number of benzene rings is 1. The van der Waals surface area contributed by atoms with Crippen LogP contribution >= 0.6 is 0 Å². The first-order valence-electron chi connectivity index (χ1n) is 8.66. The second-order valence-corrected chi connectivity index (χ2v) is 6.25. The molecular weight excluding hydrogens is 316 g/mol. The average molecular weight is 340 g/mol. The van der Waals surface area contributed by atoms with Gasteiger partial charge in [0.15, 0.2) is 0 Å². The molecule has 0 spiro atoms. The molecule has 0 radical (unpaired) electrons. The number of nitrogens with one attached hydrogen (secondary N) is 1. The van der Waals surface area contributed by atoms with E-state index in [4.69, 9.17) is 9.47 Å². The molecule has 132 valence electrons. The summed E-state index contributed by atoms with van der Waals surface area (Å²) < 4.78 is 13.0. The standard InChI is InChI=1S/C19H24N4O2/c1-3-23-13-17(12-22-23)19-15(6-7-25-19)11-21-10-14-4-5-18(24-2)16(8-14)9-20/h4-5,8,12-13,15,19,21H,3,6-7,10-11H2,1-2H3. The van der Waals surface area contributed by atoms with E-state index in [9.17, 15) is 5.26 Å². The highest BCUT2D eigenvalue weighted by Gasteiger charge is 2.30. The second-order valence-electron chi connectivity index (χ2n) is 6.25. The summed E-state index contributed by atoms with van der Waals surface area (Å²) in [6.07, 6.45) is 5.14. The highest BCUT2D eigenvalue weighted by atomic mass is 16.5. The molecule has 0 saturated carbocycles. The third kappa shape index (κ3) is 4.01. The molecule has 1 aromatic heterocycles. The summed E-state index contributed by atoms with van der Waals surface area (Å²) in [6, 6.07) is 7.88. The van der Waals surface area contributed by atoms with Gasteiger partial charge in [-0.2, -0.15) is 10.4 Å². The van der Waals surface area contributed by atoms with Crippen molar-refractivity contribution in [3.05, 3.63) is 47.3 Å². The molecule has 0 amide bonds. The molecule has 1 aliphatic rings. The summed E-state index contributed by atoms with van der Waals surface area (Å²) in [7, 11) is 1.58. The van der Waals surface area contributed by atoms with Gasteiger partial charge in [-0.1, -0.05) is 6.07 Å². The van der Waals surface area contributed by atoms with Crippen molar-refractivity contribution in [1.29, 1.82) is 5.26 Å². The summed E-state index contributed by atoms with van der Waals surface area (Å²) in [5.74, 6) is 1.05. The van der Waals surface area contributed by atoms with Crippen molar-refractivity contribution in [2.45, 2.75) is 32.5 Å². The number of ether oxygens (including phenoxy) is 2. The van der Waals surface area contributed by atoms with E-state index >= 15 is 0 Å². The third-order valence-corrected chi connectivity index (χ3v) is 4.64. The van der Waals surface area contributed by atoms with E-state index in [2.05, 4.69) is 29.6 Å². The quantitative estimate of drug-likeness (QED) is 0.839. The lowest BCUT2D eigenvalue weighted by molar-refractivity contribution is 0.0904. The van der Waals surface area contributed by atoms with Crippen LogP contribution in [0.5, 0.6) is 5.75 Å². The molecule has 2 unspecified atom stereocenters. The Bertz CT molecular complexity index is 750. The van der Waals surface area contributed by atoms with Crippen LogP contribution in [-0.2, 0) is 17.8 Å². The zero-order valence-electron chi connectivity index (χ0n) is 14.7. The largest absolute Gasteiger partial charge is 0.495 e. The zero-order valence-corrected chi connectivity index (χ0v) is 14.7. The fraction of sp³-hybridized carbons (Fsp3) is 0.474. The van der Waals surface area contributed by atoms with Gasteiger partial charge in [-0.25, -0.2) is 0 Å². The minimum Gasteiger partial charge on any atom is -0.495 e. The van der Waals surface area contributed by atoms with E-state index in [0.717, 1.165) is 43.8 Å². The number of nitriles is 1. The molecular formula is C19H24N4O2. The maximum absolute atomic E-state index is 9.18. The third-order valence-electron chi connectivity index (χ3n) is 4.64. The van der Waals surface area contributed by atoms with Crippen LogP contribution in [0.3, 0.4) is 0 Å². The van der Waals surface area contributed by atoms with E-state index in [1.54, 1.807) is 7.11 Å². The Hall–Kier alpha value is -2.36. The predicted octanol–water partition coefficient (Wildman–Crippen LogP) is 2.65. The van der Waals surface area contributed by atoms with Crippen LogP contribution in [0.15, 0.2) is 30.6 Å². The lowest BCUT2D eigenvalue weighted by Crippen LogP contribution is -2.24. The van der Waals surface area contributed by atoms with Gasteiger partial charge in [-0.3, -0.25) is 4.68 Å². The van der Waals surface area contributed by atoms with Crippen molar-refractivity contribution in [3.8, 4) is 11.8 Å². The topological polar surface area (TPSA) is 72.1 Å². The van der Waals surface area contributed by atoms with Gasteiger partial charge in [0, 0.05) is 43.9 Å². The minimum atomic E-state index is 0.110. The highest BCUT2D eigenvalue weighted by molar-refractivity contribution is 5.45. The molecule has 1 saturated heterocycles. The molecule has 6 nitrogen and oxygen atoms in total.